The predicted octanol–water partition coefficient (Wildman–Crippen LogP) is 5.35. The number of hydrogen-bond donors (Lipinski definition) is 0. The van der Waals surface area contributed by atoms with Crippen LogP contribution in [0.15, 0.2) is 54.7 Å². The third-order valence-corrected chi connectivity index (χ3v) is 8.75. The molecule has 7 heteroatoms. The molecule has 4 heterocycles. The summed E-state index contributed by atoms with van der Waals surface area (Å²) in [6, 6.07) is 17.4. The summed E-state index contributed by atoms with van der Waals surface area (Å²) in [5.74, 6) is -0.147. The summed E-state index contributed by atoms with van der Waals surface area (Å²) in [7, 11) is 8.61. The maximum atomic E-state index is 15.4. The van der Waals surface area contributed by atoms with E-state index in [1.54, 1.807) is 6.07 Å². The number of aromatic nitrogens is 2. The van der Waals surface area contributed by atoms with E-state index in [1.807, 2.05) is 6.07 Å². The molecule has 0 aliphatic carbocycles. The summed E-state index contributed by atoms with van der Waals surface area (Å²) in [6.45, 7) is 3.85. The smallest absolute Gasteiger partial charge is 0.147 e. The fourth-order valence-corrected chi connectivity index (χ4v) is 6.36. The molecule has 2 aliphatic rings. The van der Waals surface area contributed by atoms with Crippen molar-refractivity contribution in [1.29, 1.82) is 0 Å². The number of imidazole rings is 1. The number of benzene rings is 2. The molecule has 4 aromatic rings. The maximum absolute atomic E-state index is 15.4. The average molecular weight is 515 g/mol. The van der Waals surface area contributed by atoms with Crippen LogP contribution in [0.25, 0.3) is 27.8 Å². The Morgan fingerprint density at radius 1 is 0.737 bits per heavy atom. The normalized spacial score (nSPS) is 18.0. The second-order valence-corrected chi connectivity index (χ2v) is 11.4. The number of piperidine rings is 2. The fourth-order valence-electron chi connectivity index (χ4n) is 6.36. The van der Waals surface area contributed by atoms with E-state index in [0.29, 0.717) is 17.8 Å². The van der Waals surface area contributed by atoms with Crippen LogP contribution < -0.4 is 9.80 Å². The van der Waals surface area contributed by atoms with E-state index in [0.717, 1.165) is 79.7 Å². The number of rotatable bonds is 5. The summed E-state index contributed by atoms with van der Waals surface area (Å²) >= 11 is 0. The molecule has 0 spiro atoms. The zero-order valence-electron chi connectivity index (χ0n) is 23.1. The highest BCUT2D eigenvalue weighted by Crippen LogP contribution is 2.33. The van der Waals surface area contributed by atoms with Gasteiger partial charge in [0, 0.05) is 44.5 Å². The minimum Gasteiger partial charge on any atom is -0.370 e. The van der Waals surface area contributed by atoms with Crippen molar-refractivity contribution in [3.05, 3.63) is 60.5 Å². The summed E-state index contributed by atoms with van der Waals surface area (Å²) in [4.78, 5) is 14.2. The van der Waals surface area contributed by atoms with Gasteiger partial charge in [-0.25, -0.2) is 9.37 Å². The van der Waals surface area contributed by atoms with Crippen LogP contribution in [-0.2, 0) is 0 Å². The van der Waals surface area contributed by atoms with Gasteiger partial charge in [-0.2, -0.15) is 0 Å². The Bertz CT molecular complexity index is 1430. The van der Waals surface area contributed by atoms with Gasteiger partial charge in [0.25, 0.3) is 0 Å². The molecule has 200 valence electrons. The molecule has 0 radical (unpaired) electrons. The lowest BCUT2D eigenvalue weighted by atomic mass is 10.0. The van der Waals surface area contributed by atoms with Gasteiger partial charge in [-0.3, -0.25) is 4.40 Å². The Labute approximate surface area is 225 Å². The number of para-hydroxylation sites is 1. The lowest BCUT2D eigenvalue weighted by Gasteiger charge is -2.36. The Balaban J connectivity index is 1.30. The van der Waals surface area contributed by atoms with E-state index in [2.05, 4.69) is 94.8 Å². The van der Waals surface area contributed by atoms with Crippen molar-refractivity contribution < 1.29 is 4.39 Å². The number of anilines is 2. The minimum absolute atomic E-state index is 0.147. The van der Waals surface area contributed by atoms with Crippen molar-refractivity contribution in [3.8, 4) is 11.1 Å². The third-order valence-electron chi connectivity index (χ3n) is 8.75. The van der Waals surface area contributed by atoms with E-state index in [1.165, 1.54) is 5.69 Å². The number of hydrogen-bond acceptors (Lipinski definition) is 5. The minimum atomic E-state index is -0.147. The number of nitrogens with zero attached hydrogens (tertiary/aromatic N) is 6. The van der Waals surface area contributed by atoms with Crippen molar-refractivity contribution in [2.45, 2.75) is 37.8 Å². The second-order valence-electron chi connectivity index (χ2n) is 11.4. The molecule has 0 bridgehead atoms. The Morgan fingerprint density at radius 2 is 1.34 bits per heavy atom. The van der Waals surface area contributed by atoms with E-state index < -0.39 is 0 Å². The molecule has 0 amide bonds. The quantitative estimate of drug-likeness (QED) is 0.358. The largest absolute Gasteiger partial charge is 0.370 e. The van der Waals surface area contributed by atoms with Crippen LogP contribution in [0.3, 0.4) is 0 Å². The third kappa shape index (κ3) is 4.63. The van der Waals surface area contributed by atoms with Crippen LogP contribution in [0, 0.1) is 5.82 Å². The Hall–Kier alpha value is -3.16. The highest BCUT2D eigenvalue weighted by molar-refractivity contribution is 5.92. The van der Waals surface area contributed by atoms with Crippen LogP contribution >= 0.6 is 0 Å². The van der Waals surface area contributed by atoms with E-state index in [4.69, 9.17) is 4.98 Å². The first-order valence-electron chi connectivity index (χ1n) is 13.9. The van der Waals surface area contributed by atoms with Gasteiger partial charge in [0.1, 0.15) is 11.5 Å². The van der Waals surface area contributed by atoms with Crippen LogP contribution in [-0.4, -0.2) is 85.6 Å². The van der Waals surface area contributed by atoms with Gasteiger partial charge < -0.3 is 19.6 Å². The molecule has 2 fully saturated rings. The fraction of sp³-hybridized carbons (Fsp3) is 0.452. The molecule has 2 aliphatic heterocycles. The molecular weight excluding hydrogens is 475 g/mol. The van der Waals surface area contributed by atoms with Crippen LogP contribution in [0.2, 0.25) is 0 Å². The van der Waals surface area contributed by atoms with Crippen LogP contribution in [0.1, 0.15) is 25.7 Å². The van der Waals surface area contributed by atoms with Gasteiger partial charge in [0.05, 0.1) is 22.4 Å². The molecule has 6 nitrogen and oxygen atoms in total. The van der Waals surface area contributed by atoms with Crippen molar-refractivity contribution in [1.82, 2.24) is 19.2 Å². The van der Waals surface area contributed by atoms with Crippen molar-refractivity contribution in [2.75, 3.05) is 64.2 Å². The van der Waals surface area contributed by atoms with Gasteiger partial charge in [0.15, 0.2) is 0 Å². The van der Waals surface area contributed by atoms with Crippen molar-refractivity contribution in [2.24, 2.45) is 0 Å². The van der Waals surface area contributed by atoms with E-state index in [-0.39, 0.29) is 5.82 Å². The van der Waals surface area contributed by atoms with Gasteiger partial charge >= 0.3 is 0 Å². The molecule has 2 saturated heterocycles. The van der Waals surface area contributed by atoms with Gasteiger partial charge in [-0.1, -0.05) is 12.1 Å². The first kappa shape index (κ1) is 25.1. The number of halogens is 1. The standard InChI is InChI=1S/C31H39FN6/c1-34(2)24-12-16-36(17-13-24)28-10-8-22(20-26(28)32)23-9-11-30-33-27-6-5-7-29(31(27)38(30)21-23)37-18-14-25(15-19-37)35(3)4/h5-11,20-21,24-25H,12-19H2,1-4H3. The Morgan fingerprint density at radius 3 is 1.95 bits per heavy atom. The van der Waals surface area contributed by atoms with E-state index in [9.17, 15) is 0 Å². The average Bonchev–Trinajstić information content (AvgIpc) is 3.31. The van der Waals surface area contributed by atoms with Gasteiger partial charge in [-0.05, 0) is 101 Å². The summed E-state index contributed by atoms with van der Waals surface area (Å²) in [5.41, 5.74) is 6.87. The van der Waals surface area contributed by atoms with Crippen LogP contribution in [0.4, 0.5) is 15.8 Å². The molecule has 0 N–H and O–H groups in total. The highest BCUT2D eigenvalue weighted by Gasteiger charge is 2.24. The number of fused-ring (bicyclic) bond motifs is 3. The SMILES string of the molecule is CN(C)C1CCN(c2ccc(-c3ccc4nc5cccc(N6CCC(N(C)C)CC6)c5n4c3)cc2F)CC1. The van der Waals surface area contributed by atoms with Crippen molar-refractivity contribution in [3.63, 3.8) is 0 Å². The molecule has 0 unspecified atom stereocenters. The summed E-state index contributed by atoms with van der Waals surface area (Å²) < 4.78 is 17.6. The molecule has 38 heavy (non-hydrogen) atoms. The Kier molecular flexibility index (Phi) is 6.74. The maximum Gasteiger partial charge on any atom is 0.147 e. The monoisotopic (exact) mass is 514 g/mol. The first-order chi connectivity index (χ1) is 18.4. The van der Waals surface area contributed by atoms with Gasteiger partial charge in [0.2, 0.25) is 0 Å². The molecule has 2 aromatic carbocycles. The lowest BCUT2D eigenvalue weighted by molar-refractivity contribution is 0.249. The molecule has 0 saturated carbocycles. The van der Waals surface area contributed by atoms with Gasteiger partial charge in [-0.15, -0.1) is 0 Å². The first-order valence-corrected chi connectivity index (χ1v) is 13.9. The van der Waals surface area contributed by atoms with Crippen LogP contribution in [0.5, 0.6) is 0 Å². The molecule has 6 rings (SSSR count). The van der Waals surface area contributed by atoms with Crippen molar-refractivity contribution >= 4 is 28.1 Å². The zero-order chi connectivity index (χ0) is 26.4. The molecule has 2 aromatic heterocycles. The summed E-state index contributed by atoms with van der Waals surface area (Å²) in [5, 5.41) is 0. The molecular formula is C31H39FN6. The zero-order valence-corrected chi connectivity index (χ0v) is 23.1. The van der Waals surface area contributed by atoms with E-state index >= 15 is 4.39 Å². The topological polar surface area (TPSA) is 30.3 Å². The summed E-state index contributed by atoms with van der Waals surface area (Å²) in [6.07, 6.45) is 6.56. The highest BCUT2D eigenvalue weighted by atomic mass is 19.1. The second kappa shape index (κ2) is 10.2. The number of pyridine rings is 1. The lowest BCUT2D eigenvalue weighted by Crippen LogP contribution is -2.42. The predicted molar refractivity (Wildman–Crippen MR) is 156 cm³/mol. The molecule has 0 atom stereocenters.